The third kappa shape index (κ3) is 4.04. The lowest BCUT2D eigenvalue weighted by molar-refractivity contribution is 0.242. The van der Waals surface area contributed by atoms with Gasteiger partial charge in [-0.15, -0.1) is 0 Å². The summed E-state index contributed by atoms with van der Waals surface area (Å²) in [6, 6.07) is 9.83. The maximum Gasteiger partial charge on any atom is 0.320 e. The van der Waals surface area contributed by atoms with Gasteiger partial charge in [-0.25, -0.2) is 4.79 Å². The Morgan fingerprint density at radius 3 is 2.83 bits per heavy atom. The molecule has 1 aromatic heterocycles. The Morgan fingerprint density at radius 2 is 2.17 bits per heavy atom. The first-order chi connectivity index (χ1) is 11.7. The molecule has 0 spiro atoms. The molecule has 2 aromatic rings. The van der Waals surface area contributed by atoms with Gasteiger partial charge in [0, 0.05) is 18.5 Å². The number of benzene rings is 1. The van der Waals surface area contributed by atoms with Gasteiger partial charge in [-0.1, -0.05) is 12.1 Å². The van der Waals surface area contributed by atoms with Crippen LogP contribution in [0.4, 0.5) is 9.80 Å². The lowest BCUT2D eigenvalue weighted by Gasteiger charge is -2.33. The predicted octanol–water partition coefficient (Wildman–Crippen LogP) is 2.73. The van der Waals surface area contributed by atoms with Crippen LogP contribution in [0.15, 0.2) is 30.3 Å². The van der Waals surface area contributed by atoms with E-state index in [1.165, 1.54) is 17.1 Å². The van der Waals surface area contributed by atoms with Crippen molar-refractivity contribution in [2.75, 3.05) is 25.5 Å². The summed E-state index contributed by atoms with van der Waals surface area (Å²) in [5.74, 6) is 1.07. The molecule has 2 heterocycles. The zero-order valence-electron chi connectivity index (χ0n) is 13.8. The summed E-state index contributed by atoms with van der Waals surface area (Å²) in [6.07, 6.45) is 0.895. The standard InChI is InChI=1S/C17H22N4O2S/c1-11-9-16(24-21-11)20-17(22)19-15-7-8-18-10-14(15)12-3-5-13(23-2)6-4-12/h3-6,9,14-15,18H,7-8,10H2,1-2H3,(H2,19,20,22)/t14-,15+/m0/s1. The van der Waals surface area contributed by atoms with Gasteiger partial charge in [0.15, 0.2) is 0 Å². The van der Waals surface area contributed by atoms with Crippen molar-refractivity contribution in [2.45, 2.75) is 25.3 Å². The number of carbonyl (C=O) groups is 1. The van der Waals surface area contributed by atoms with E-state index in [0.29, 0.717) is 0 Å². The molecule has 0 aliphatic carbocycles. The van der Waals surface area contributed by atoms with Gasteiger partial charge in [0.1, 0.15) is 10.8 Å². The molecule has 1 aliphatic rings. The molecular weight excluding hydrogens is 324 g/mol. The molecule has 7 heteroatoms. The van der Waals surface area contributed by atoms with Gasteiger partial charge in [-0.3, -0.25) is 5.32 Å². The summed E-state index contributed by atoms with van der Waals surface area (Å²) in [6.45, 7) is 3.65. The quantitative estimate of drug-likeness (QED) is 0.796. The van der Waals surface area contributed by atoms with E-state index >= 15 is 0 Å². The van der Waals surface area contributed by atoms with E-state index in [9.17, 15) is 4.79 Å². The van der Waals surface area contributed by atoms with Gasteiger partial charge >= 0.3 is 6.03 Å². The molecule has 1 aromatic carbocycles. The number of anilines is 1. The molecule has 3 N–H and O–H groups in total. The highest BCUT2D eigenvalue weighted by Gasteiger charge is 2.27. The molecule has 6 nitrogen and oxygen atoms in total. The van der Waals surface area contributed by atoms with E-state index in [0.717, 1.165) is 36.0 Å². The smallest absolute Gasteiger partial charge is 0.320 e. The van der Waals surface area contributed by atoms with Crippen molar-refractivity contribution in [1.29, 1.82) is 0 Å². The Hall–Kier alpha value is -2.12. The maximum absolute atomic E-state index is 12.3. The lowest BCUT2D eigenvalue weighted by Crippen LogP contribution is -2.49. The number of amides is 2. The molecule has 24 heavy (non-hydrogen) atoms. The third-order valence-electron chi connectivity index (χ3n) is 4.21. The number of aromatic nitrogens is 1. The number of nitrogens with one attached hydrogen (secondary N) is 3. The highest BCUT2D eigenvalue weighted by molar-refractivity contribution is 7.10. The molecular formula is C17H22N4O2S. The monoisotopic (exact) mass is 346 g/mol. The van der Waals surface area contributed by atoms with Gasteiger partial charge in [-0.2, -0.15) is 4.37 Å². The zero-order valence-corrected chi connectivity index (χ0v) is 14.7. The van der Waals surface area contributed by atoms with Crippen LogP contribution in [0.1, 0.15) is 23.6 Å². The lowest BCUT2D eigenvalue weighted by atomic mass is 9.87. The van der Waals surface area contributed by atoms with Gasteiger partial charge in [-0.05, 0) is 55.2 Å². The van der Waals surface area contributed by atoms with Crippen molar-refractivity contribution >= 4 is 22.6 Å². The second-order valence-corrected chi connectivity index (χ2v) is 6.71. The number of ether oxygens (including phenoxy) is 1. The van der Waals surface area contributed by atoms with Crippen LogP contribution < -0.4 is 20.7 Å². The Balaban J connectivity index is 1.66. The van der Waals surface area contributed by atoms with Crippen LogP contribution in [-0.2, 0) is 0 Å². The summed E-state index contributed by atoms with van der Waals surface area (Å²) in [4.78, 5) is 12.3. The molecule has 0 saturated carbocycles. The molecule has 1 fully saturated rings. The van der Waals surface area contributed by atoms with Crippen molar-refractivity contribution in [3.8, 4) is 5.75 Å². The minimum atomic E-state index is -0.177. The fourth-order valence-corrected chi connectivity index (χ4v) is 3.63. The average molecular weight is 346 g/mol. The van der Waals surface area contributed by atoms with E-state index in [4.69, 9.17) is 4.74 Å². The second kappa shape index (κ2) is 7.63. The first-order valence-corrected chi connectivity index (χ1v) is 8.78. The Morgan fingerprint density at radius 1 is 1.38 bits per heavy atom. The minimum Gasteiger partial charge on any atom is -0.497 e. The number of piperidine rings is 1. The Kier molecular flexibility index (Phi) is 5.32. The number of aryl methyl sites for hydroxylation is 1. The van der Waals surface area contributed by atoms with E-state index in [1.54, 1.807) is 7.11 Å². The van der Waals surface area contributed by atoms with Crippen LogP contribution in [0, 0.1) is 6.92 Å². The molecule has 2 amide bonds. The predicted molar refractivity (Wildman–Crippen MR) is 96.0 cm³/mol. The van der Waals surface area contributed by atoms with Crippen LogP contribution in [0.3, 0.4) is 0 Å². The first-order valence-electron chi connectivity index (χ1n) is 8.01. The summed E-state index contributed by atoms with van der Waals surface area (Å²) >= 11 is 1.29. The minimum absolute atomic E-state index is 0.0914. The Bertz CT molecular complexity index is 686. The number of nitrogens with zero attached hydrogens (tertiary/aromatic N) is 1. The molecule has 0 unspecified atom stereocenters. The number of hydrogen-bond acceptors (Lipinski definition) is 5. The van der Waals surface area contributed by atoms with Crippen molar-refractivity contribution in [2.24, 2.45) is 0 Å². The molecule has 0 radical (unpaired) electrons. The average Bonchev–Trinajstić information content (AvgIpc) is 3.00. The molecule has 3 rings (SSSR count). The van der Waals surface area contributed by atoms with Crippen LogP contribution in [0.2, 0.25) is 0 Å². The van der Waals surface area contributed by atoms with Crippen molar-refractivity contribution in [3.05, 3.63) is 41.6 Å². The van der Waals surface area contributed by atoms with Gasteiger partial charge in [0.25, 0.3) is 0 Å². The fourth-order valence-electron chi connectivity index (χ4n) is 2.97. The third-order valence-corrected chi connectivity index (χ3v) is 5.00. The van der Waals surface area contributed by atoms with Crippen molar-refractivity contribution < 1.29 is 9.53 Å². The van der Waals surface area contributed by atoms with Crippen LogP contribution in [0.5, 0.6) is 5.75 Å². The first kappa shape index (κ1) is 16.7. The molecule has 128 valence electrons. The van der Waals surface area contributed by atoms with Crippen molar-refractivity contribution in [3.63, 3.8) is 0 Å². The zero-order chi connectivity index (χ0) is 16.9. The van der Waals surface area contributed by atoms with E-state index in [-0.39, 0.29) is 18.0 Å². The van der Waals surface area contributed by atoms with E-state index < -0.39 is 0 Å². The Labute approximate surface area is 145 Å². The molecule has 2 atom stereocenters. The van der Waals surface area contributed by atoms with Crippen molar-refractivity contribution in [1.82, 2.24) is 15.0 Å². The van der Waals surface area contributed by atoms with E-state index in [1.807, 2.05) is 25.1 Å². The largest absolute Gasteiger partial charge is 0.497 e. The summed E-state index contributed by atoms with van der Waals surface area (Å²) in [5.41, 5.74) is 2.11. The number of carbonyl (C=O) groups excluding carboxylic acids is 1. The summed E-state index contributed by atoms with van der Waals surface area (Å²) in [5, 5.41) is 10.1. The number of urea groups is 1. The topological polar surface area (TPSA) is 75.3 Å². The van der Waals surface area contributed by atoms with Crippen LogP contribution in [-0.4, -0.2) is 36.6 Å². The normalized spacial score (nSPS) is 20.4. The fraction of sp³-hybridized carbons (Fsp3) is 0.412. The van der Waals surface area contributed by atoms with Gasteiger partial charge in [0.2, 0.25) is 0 Å². The van der Waals surface area contributed by atoms with Crippen LogP contribution in [0.25, 0.3) is 0 Å². The van der Waals surface area contributed by atoms with Gasteiger partial charge in [0.05, 0.1) is 12.8 Å². The van der Waals surface area contributed by atoms with Gasteiger partial charge < -0.3 is 15.4 Å². The van der Waals surface area contributed by atoms with Crippen LogP contribution >= 0.6 is 11.5 Å². The highest BCUT2D eigenvalue weighted by Crippen LogP contribution is 2.26. The van der Waals surface area contributed by atoms with E-state index in [2.05, 4.69) is 32.5 Å². The highest BCUT2D eigenvalue weighted by atomic mass is 32.1. The number of rotatable bonds is 4. The number of hydrogen-bond donors (Lipinski definition) is 3. The maximum atomic E-state index is 12.3. The molecule has 1 saturated heterocycles. The summed E-state index contributed by atoms with van der Waals surface area (Å²) in [7, 11) is 1.66. The second-order valence-electron chi connectivity index (χ2n) is 5.91. The SMILES string of the molecule is COc1ccc([C@@H]2CNCC[C@H]2NC(=O)Nc2cc(C)ns2)cc1. The molecule has 1 aliphatic heterocycles. The molecule has 0 bridgehead atoms. The number of methoxy groups -OCH3 is 1. The summed E-state index contributed by atoms with van der Waals surface area (Å²) < 4.78 is 9.39.